The first-order chi connectivity index (χ1) is 7.96. The molecule has 1 unspecified atom stereocenters. The SMILES string of the molecule is CSc1ccc(C2=NN(C)C(=O)C2(C)Br)cc1. The van der Waals surface area contributed by atoms with Crippen molar-refractivity contribution >= 4 is 39.3 Å². The highest BCUT2D eigenvalue weighted by Crippen LogP contribution is 2.32. The van der Waals surface area contributed by atoms with Crippen molar-refractivity contribution in [1.82, 2.24) is 5.01 Å². The molecule has 1 amide bonds. The van der Waals surface area contributed by atoms with Crippen molar-refractivity contribution in [2.75, 3.05) is 13.3 Å². The molecule has 0 bridgehead atoms. The largest absolute Gasteiger partial charge is 0.271 e. The van der Waals surface area contributed by atoms with E-state index < -0.39 is 4.32 Å². The molecule has 3 nitrogen and oxygen atoms in total. The number of amides is 1. The van der Waals surface area contributed by atoms with Crippen LogP contribution in [-0.4, -0.2) is 34.3 Å². The van der Waals surface area contributed by atoms with Gasteiger partial charge in [0.25, 0.3) is 5.91 Å². The number of thioether (sulfide) groups is 1. The highest BCUT2D eigenvalue weighted by Gasteiger charge is 2.44. The summed E-state index contributed by atoms with van der Waals surface area (Å²) in [7, 11) is 1.67. The molecule has 1 aliphatic heterocycles. The van der Waals surface area contributed by atoms with Crippen molar-refractivity contribution in [3.63, 3.8) is 0 Å². The molecule has 17 heavy (non-hydrogen) atoms. The molecule has 0 radical (unpaired) electrons. The van der Waals surface area contributed by atoms with Gasteiger partial charge < -0.3 is 0 Å². The lowest BCUT2D eigenvalue weighted by Gasteiger charge is -2.15. The van der Waals surface area contributed by atoms with E-state index in [0.717, 1.165) is 11.3 Å². The Morgan fingerprint density at radius 3 is 2.35 bits per heavy atom. The molecule has 1 aromatic rings. The van der Waals surface area contributed by atoms with Crippen LogP contribution in [0, 0.1) is 0 Å². The number of benzene rings is 1. The van der Waals surface area contributed by atoms with Gasteiger partial charge in [0.05, 0.1) is 5.71 Å². The zero-order chi connectivity index (χ0) is 12.6. The number of carbonyl (C=O) groups excluding carboxylic acids is 1. The van der Waals surface area contributed by atoms with E-state index in [2.05, 4.69) is 21.0 Å². The number of alkyl halides is 1. The summed E-state index contributed by atoms with van der Waals surface area (Å²) in [6.07, 6.45) is 2.04. The highest BCUT2D eigenvalue weighted by molar-refractivity contribution is 9.10. The lowest BCUT2D eigenvalue weighted by Crippen LogP contribution is -2.37. The number of carbonyl (C=O) groups is 1. The van der Waals surface area contributed by atoms with Gasteiger partial charge in [-0.05, 0) is 30.9 Å². The lowest BCUT2D eigenvalue weighted by atomic mass is 9.99. The van der Waals surface area contributed by atoms with Crippen LogP contribution in [0.5, 0.6) is 0 Å². The monoisotopic (exact) mass is 312 g/mol. The van der Waals surface area contributed by atoms with E-state index in [1.165, 1.54) is 9.90 Å². The Kier molecular flexibility index (Phi) is 3.32. The number of hydrogen-bond donors (Lipinski definition) is 0. The molecule has 0 saturated carbocycles. The number of hydrazone groups is 1. The van der Waals surface area contributed by atoms with Crippen molar-refractivity contribution in [3.05, 3.63) is 29.8 Å². The molecule has 0 fully saturated rings. The molecular weight excluding hydrogens is 300 g/mol. The van der Waals surface area contributed by atoms with Gasteiger partial charge in [-0.25, -0.2) is 5.01 Å². The summed E-state index contributed by atoms with van der Waals surface area (Å²) in [6, 6.07) is 8.07. The quantitative estimate of drug-likeness (QED) is 0.621. The van der Waals surface area contributed by atoms with Crippen LogP contribution in [0.4, 0.5) is 0 Å². The third-order valence-corrected chi connectivity index (χ3v) is 4.21. The van der Waals surface area contributed by atoms with Gasteiger partial charge in [-0.2, -0.15) is 5.10 Å². The number of halogens is 1. The standard InChI is InChI=1S/C12H13BrN2OS/c1-12(13)10(14-15(2)11(12)16)8-4-6-9(17-3)7-5-8/h4-7H,1-3H3. The minimum atomic E-state index is -0.720. The summed E-state index contributed by atoms with van der Waals surface area (Å²) in [5.41, 5.74) is 1.73. The van der Waals surface area contributed by atoms with Gasteiger partial charge >= 0.3 is 0 Å². The first-order valence-electron chi connectivity index (χ1n) is 5.17. The summed E-state index contributed by atoms with van der Waals surface area (Å²) < 4.78 is -0.720. The van der Waals surface area contributed by atoms with Crippen molar-refractivity contribution in [2.24, 2.45) is 5.10 Å². The zero-order valence-electron chi connectivity index (χ0n) is 9.90. The average Bonchev–Trinajstić information content (AvgIpc) is 2.53. The van der Waals surface area contributed by atoms with Crippen LogP contribution in [0.2, 0.25) is 0 Å². The Bertz CT molecular complexity index is 482. The maximum absolute atomic E-state index is 11.9. The molecule has 1 heterocycles. The predicted octanol–water partition coefficient (Wildman–Crippen LogP) is 2.74. The Morgan fingerprint density at radius 1 is 1.35 bits per heavy atom. The summed E-state index contributed by atoms with van der Waals surface area (Å²) in [6.45, 7) is 1.83. The molecule has 1 aromatic carbocycles. The van der Waals surface area contributed by atoms with Crippen molar-refractivity contribution in [1.29, 1.82) is 0 Å². The van der Waals surface area contributed by atoms with Crippen molar-refractivity contribution in [3.8, 4) is 0 Å². The zero-order valence-corrected chi connectivity index (χ0v) is 12.3. The summed E-state index contributed by atoms with van der Waals surface area (Å²) in [5, 5.41) is 5.68. The Labute approximate surface area is 113 Å². The molecule has 1 aliphatic rings. The van der Waals surface area contributed by atoms with E-state index in [1.807, 2.05) is 37.4 Å². The molecule has 0 spiro atoms. The van der Waals surface area contributed by atoms with Gasteiger partial charge in [-0.15, -0.1) is 11.8 Å². The van der Waals surface area contributed by atoms with Crippen LogP contribution in [0.3, 0.4) is 0 Å². The molecule has 0 N–H and O–H groups in total. The van der Waals surface area contributed by atoms with Crippen LogP contribution in [0.25, 0.3) is 0 Å². The first kappa shape index (κ1) is 12.6. The Morgan fingerprint density at radius 2 is 1.94 bits per heavy atom. The maximum Gasteiger partial charge on any atom is 0.265 e. The van der Waals surface area contributed by atoms with Crippen LogP contribution >= 0.6 is 27.7 Å². The van der Waals surface area contributed by atoms with E-state index in [-0.39, 0.29) is 5.91 Å². The smallest absolute Gasteiger partial charge is 0.265 e. The van der Waals surface area contributed by atoms with Crippen LogP contribution < -0.4 is 0 Å². The van der Waals surface area contributed by atoms with Gasteiger partial charge in [0, 0.05) is 11.9 Å². The number of hydrogen-bond acceptors (Lipinski definition) is 3. The molecule has 0 saturated heterocycles. The molecule has 0 aromatic heterocycles. The fourth-order valence-electron chi connectivity index (χ4n) is 1.77. The topological polar surface area (TPSA) is 32.7 Å². The minimum absolute atomic E-state index is 0.0403. The molecule has 2 rings (SSSR count). The average molecular weight is 313 g/mol. The minimum Gasteiger partial charge on any atom is -0.271 e. The fraction of sp³-hybridized carbons (Fsp3) is 0.333. The third-order valence-electron chi connectivity index (χ3n) is 2.75. The Hall–Kier alpha value is -0.810. The second-order valence-electron chi connectivity index (χ2n) is 4.01. The number of nitrogens with zero attached hydrogens (tertiary/aromatic N) is 2. The van der Waals surface area contributed by atoms with Gasteiger partial charge in [0.2, 0.25) is 0 Å². The molecule has 0 aliphatic carbocycles. The normalized spacial score (nSPS) is 24.1. The van der Waals surface area contributed by atoms with Gasteiger partial charge in [0.1, 0.15) is 4.32 Å². The number of rotatable bonds is 2. The predicted molar refractivity (Wildman–Crippen MR) is 74.9 cm³/mol. The van der Waals surface area contributed by atoms with Crippen molar-refractivity contribution in [2.45, 2.75) is 16.1 Å². The van der Waals surface area contributed by atoms with Crippen molar-refractivity contribution < 1.29 is 4.79 Å². The van der Waals surface area contributed by atoms with Gasteiger partial charge in [-0.3, -0.25) is 4.79 Å². The summed E-state index contributed by atoms with van der Waals surface area (Å²) >= 11 is 5.15. The third kappa shape index (κ3) is 2.13. The Balaban J connectivity index is 2.40. The second kappa shape index (κ2) is 4.46. The van der Waals surface area contributed by atoms with E-state index in [1.54, 1.807) is 18.8 Å². The van der Waals surface area contributed by atoms with E-state index >= 15 is 0 Å². The van der Waals surface area contributed by atoms with E-state index in [0.29, 0.717) is 0 Å². The summed E-state index contributed by atoms with van der Waals surface area (Å²) in [5.74, 6) is -0.0403. The first-order valence-corrected chi connectivity index (χ1v) is 7.19. The van der Waals surface area contributed by atoms with Gasteiger partial charge in [-0.1, -0.05) is 28.1 Å². The van der Waals surface area contributed by atoms with Gasteiger partial charge in [0.15, 0.2) is 0 Å². The molecule has 90 valence electrons. The molecule has 1 atom stereocenters. The highest BCUT2D eigenvalue weighted by atomic mass is 79.9. The molecular formula is C12H13BrN2OS. The van der Waals surface area contributed by atoms with Crippen LogP contribution in [0.15, 0.2) is 34.3 Å². The lowest BCUT2D eigenvalue weighted by molar-refractivity contribution is -0.128. The van der Waals surface area contributed by atoms with Crippen LogP contribution in [0.1, 0.15) is 12.5 Å². The second-order valence-corrected chi connectivity index (χ2v) is 6.47. The van der Waals surface area contributed by atoms with E-state index in [4.69, 9.17) is 0 Å². The van der Waals surface area contributed by atoms with E-state index in [9.17, 15) is 4.79 Å². The maximum atomic E-state index is 11.9. The fourth-order valence-corrected chi connectivity index (χ4v) is 2.75. The van der Waals surface area contributed by atoms with Crippen LogP contribution in [-0.2, 0) is 4.79 Å². The summed E-state index contributed by atoms with van der Waals surface area (Å²) in [4.78, 5) is 13.1. The molecule has 5 heteroatoms.